The number of carbonyl (C=O) groups is 1. The predicted octanol–water partition coefficient (Wildman–Crippen LogP) is 3.55. The van der Waals surface area contributed by atoms with Gasteiger partial charge in [-0.2, -0.15) is 0 Å². The van der Waals surface area contributed by atoms with Crippen LogP contribution in [0.1, 0.15) is 40.9 Å². The molecular weight excluding hydrogens is 336 g/mol. The van der Waals surface area contributed by atoms with Gasteiger partial charge in [0.2, 0.25) is 0 Å². The van der Waals surface area contributed by atoms with E-state index < -0.39 is 0 Å². The summed E-state index contributed by atoms with van der Waals surface area (Å²) in [4.78, 5) is 23.8. The summed E-state index contributed by atoms with van der Waals surface area (Å²) >= 11 is 0. The number of amides is 1. The molecule has 1 N–H and O–H groups in total. The minimum Gasteiger partial charge on any atom is -0.347 e. The van der Waals surface area contributed by atoms with Crippen LogP contribution in [0.25, 0.3) is 11.0 Å². The normalized spacial score (nSPS) is 15.0. The van der Waals surface area contributed by atoms with Crippen LogP contribution in [0.4, 0.5) is 0 Å². The number of likely N-dealkylation sites (tertiary alicyclic amines) is 1. The highest BCUT2D eigenvalue weighted by atomic mass is 16.1. The number of carbonyl (C=O) groups excluding carboxylic acids is 1. The van der Waals surface area contributed by atoms with E-state index in [1.165, 1.54) is 31.0 Å². The van der Waals surface area contributed by atoms with Gasteiger partial charge in [0, 0.05) is 13.1 Å². The molecule has 0 unspecified atom stereocenters. The first-order valence-electron chi connectivity index (χ1n) is 9.59. The Labute approximate surface area is 159 Å². The smallest absolute Gasteiger partial charge is 0.271 e. The molecule has 2 heterocycles. The number of fused-ring (bicyclic) bond motifs is 1. The van der Waals surface area contributed by atoms with Crippen molar-refractivity contribution in [1.29, 1.82) is 0 Å². The van der Waals surface area contributed by atoms with Crippen LogP contribution in [0.15, 0.2) is 54.7 Å². The van der Waals surface area contributed by atoms with Crippen molar-refractivity contribution in [3.63, 3.8) is 0 Å². The maximum absolute atomic E-state index is 12.5. The highest BCUT2D eigenvalue weighted by Crippen LogP contribution is 2.16. The van der Waals surface area contributed by atoms with Crippen molar-refractivity contribution in [2.75, 3.05) is 13.1 Å². The topological polar surface area (TPSA) is 58.1 Å². The number of nitrogens with one attached hydrogen (secondary N) is 1. The third-order valence-corrected chi connectivity index (χ3v) is 5.08. The molecular formula is C22H24N4O. The van der Waals surface area contributed by atoms with Gasteiger partial charge in [-0.25, -0.2) is 4.98 Å². The van der Waals surface area contributed by atoms with Gasteiger partial charge in [-0.3, -0.25) is 14.7 Å². The number of aromatic nitrogens is 2. The second-order valence-corrected chi connectivity index (χ2v) is 7.03. The molecule has 5 nitrogen and oxygen atoms in total. The van der Waals surface area contributed by atoms with Gasteiger partial charge in [-0.1, -0.05) is 42.8 Å². The number of rotatable bonds is 5. The molecule has 2 aromatic carbocycles. The third kappa shape index (κ3) is 4.31. The summed E-state index contributed by atoms with van der Waals surface area (Å²) in [6.07, 6.45) is 5.43. The van der Waals surface area contributed by atoms with Gasteiger partial charge in [0.1, 0.15) is 5.69 Å². The van der Waals surface area contributed by atoms with Crippen LogP contribution in [0.3, 0.4) is 0 Å². The molecule has 1 amide bonds. The fourth-order valence-corrected chi connectivity index (χ4v) is 3.58. The first-order chi connectivity index (χ1) is 13.3. The van der Waals surface area contributed by atoms with E-state index in [9.17, 15) is 4.79 Å². The maximum atomic E-state index is 12.5. The maximum Gasteiger partial charge on any atom is 0.271 e. The van der Waals surface area contributed by atoms with E-state index in [0.29, 0.717) is 12.2 Å². The van der Waals surface area contributed by atoms with Crippen LogP contribution >= 0.6 is 0 Å². The molecule has 5 heteroatoms. The molecule has 0 spiro atoms. The largest absolute Gasteiger partial charge is 0.347 e. The monoisotopic (exact) mass is 360 g/mol. The van der Waals surface area contributed by atoms with Gasteiger partial charge in [-0.05, 0) is 49.2 Å². The number of benzene rings is 2. The summed E-state index contributed by atoms with van der Waals surface area (Å²) in [7, 11) is 0. The summed E-state index contributed by atoms with van der Waals surface area (Å²) < 4.78 is 0. The summed E-state index contributed by atoms with van der Waals surface area (Å²) in [5, 5.41) is 3.00. The molecule has 0 aliphatic carbocycles. The molecule has 3 aromatic rings. The average Bonchev–Trinajstić information content (AvgIpc) is 2.73. The number of hydrogen-bond acceptors (Lipinski definition) is 4. The minimum atomic E-state index is -0.193. The number of nitrogens with zero attached hydrogens (tertiary/aromatic N) is 3. The number of para-hydroxylation sites is 2. The molecule has 0 saturated carbocycles. The van der Waals surface area contributed by atoms with Gasteiger partial charge in [0.25, 0.3) is 5.91 Å². The summed E-state index contributed by atoms with van der Waals surface area (Å²) in [5.74, 6) is -0.193. The van der Waals surface area contributed by atoms with Gasteiger partial charge in [-0.15, -0.1) is 0 Å². The van der Waals surface area contributed by atoms with Crippen LogP contribution < -0.4 is 5.32 Å². The zero-order chi connectivity index (χ0) is 18.5. The van der Waals surface area contributed by atoms with E-state index >= 15 is 0 Å². The lowest BCUT2D eigenvalue weighted by atomic mass is 10.0. The first kappa shape index (κ1) is 17.6. The Morgan fingerprint density at radius 3 is 2.44 bits per heavy atom. The lowest BCUT2D eigenvalue weighted by Gasteiger charge is -2.27. The van der Waals surface area contributed by atoms with Gasteiger partial charge >= 0.3 is 0 Å². The Morgan fingerprint density at radius 1 is 0.926 bits per heavy atom. The molecule has 1 aliphatic rings. The quantitative estimate of drug-likeness (QED) is 0.756. The van der Waals surface area contributed by atoms with Crippen molar-refractivity contribution in [2.24, 2.45) is 0 Å². The predicted molar refractivity (Wildman–Crippen MR) is 106 cm³/mol. The minimum absolute atomic E-state index is 0.193. The van der Waals surface area contributed by atoms with Gasteiger partial charge in [0.15, 0.2) is 0 Å². The first-order valence-corrected chi connectivity index (χ1v) is 9.59. The molecule has 1 aromatic heterocycles. The highest BCUT2D eigenvalue weighted by molar-refractivity contribution is 5.93. The van der Waals surface area contributed by atoms with Crippen molar-refractivity contribution < 1.29 is 4.79 Å². The van der Waals surface area contributed by atoms with Gasteiger partial charge < -0.3 is 5.32 Å². The van der Waals surface area contributed by atoms with E-state index in [1.54, 1.807) is 0 Å². The molecule has 0 bridgehead atoms. The van der Waals surface area contributed by atoms with Crippen LogP contribution in [0, 0.1) is 0 Å². The van der Waals surface area contributed by atoms with Crippen molar-refractivity contribution in [1.82, 2.24) is 20.2 Å². The second kappa shape index (κ2) is 8.27. The molecule has 4 rings (SSSR count). The van der Waals surface area contributed by atoms with Crippen molar-refractivity contribution in [3.05, 3.63) is 71.5 Å². The van der Waals surface area contributed by atoms with Crippen molar-refractivity contribution in [2.45, 2.75) is 32.4 Å². The molecule has 138 valence electrons. The number of hydrogen-bond donors (Lipinski definition) is 1. The van der Waals surface area contributed by atoms with E-state index in [4.69, 9.17) is 0 Å². The third-order valence-electron chi connectivity index (χ3n) is 5.08. The fourth-order valence-electron chi connectivity index (χ4n) is 3.58. The Kier molecular flexibility index (Phi) is 5.39. The lowest BCUT2D eigenvalue weighted by Crippen LogP contribution is -2.30. The Balaban J connectivity index is 1.43. The lowest BCUT2D eigenvalue weighted by molar-refractivity contribution is 0.0945. The molecule has 0 atom stereocenters. The molecule has 27 heavy (non-hydrogen) atoms. The Hall–Kier alpha value is -2.79. The molecule has 1 fully saturated rings. The van der Waals surface area contributed by atoms with Crippen molar-refractivity contribution in [3.8, 4) is 0 Å². The average molecular weight is 360 g/mol. The van der Waals surface area contributed by atoms with E-state index in [0.717, 1.165) is 36.2 Å². The molecule has 1 saturated heterocycles. The summed E-state index contributed by atoms with van der Waals surface area (Å²) in [6, 6.07) is 15.9. The second-order valence-electron chi connectivity index (χ2n) is 7.03. The standard InChI is InChI=1S/C22H24N4O/c27-22(21-15-23-19-10-4-5-11-20(19)25-21)24-14-17-8-2-3-9-18(17)16-26-12-6-1-7-13-26/h2-5,8-11,15H,1,6-7,12-14,16H2,(H,24,27). The summed E-state index contributed by atoms with van der Waals surface area (Å²) in [5.41, 5.74) is 4.31. The fraction of sp³-hybridized carbons (Fsp3) is 0.318. The van der Waals surface area contributed by atoms with Crippen LogP contribution in [-0.2, 0) is 13.1 Å². The van der Waals surface area contributed by atoms with E-state index in [2.05, 4.69) is 38.4 Å². The Bertz CT molecular complexity index is 934. The SMILES string of the molecule is O=C(NCc1ccccc1CN1CCCCC1)c1cnc2ccccc2n1. The van der Waals surface area contributed by atoms with Crippen LogP contribution in [0.5, 0.6) is 0 Å². The Morgan fingerprint density at radius 2 is 1.63 bits per heavy atom. The summed E-state index contributed by atoms with van der Waals surface area (Å²) in [6.45, 7) is 3.76. The van der Waals surface area contributed by atoms with Gasteiger partial charge in [0.05, 0.1) is 17.2 Å². The number of piperidine rings is 1. The molecule has 1 aliphatic heterocycles. The van der Waals surface area contributed by atoms with Crippen LogP contribution in [0.2, 0.25) is 0 Å². The van der Waals surface area contributed by atoms with E-state index in [1.807, 2.05) is 30.3 Å². The van der Waals surface area contributed by atoms with Crippen LogP contribution in [-0.4, -0.2) is 33.9 Å². The highest BCUT2D eigenvalue weighted by Gasteiger charge is 2.14. The zero-order valence-electron chi connectivity index (χ0n) is 15.4. The zero-order valence-corrected chi connectivity index (χ0v) is 15.4. The van der Waals surface area contributed by atoms with Crippen molar-refractivity contribution >= 4 is 16.9 Å². The molecule has 0 radical (unpaired) electrons. The van der Waals surface area contributed by atoms with E-state index in [-0.39, 0.29) is 5.91 Å².